The van der Waals surface area contributed by atoms with Gasteiger partial charge in [0, 0.05) is 6.04 Å². The van der Waals surface area contributed by atoms with E-state index in [0.29, 0.717) is 0 Å². The van der Waals surface area contributed by atoms with Crippen molar-refractivity contribution < 1.29 is 5.11 Å². The van der Waals surface area contributed by atoms with Gasteiger partial charge in [0.2, 0.25) is 0 Å². The van der Waals surface area contributed by atoms with Crippen LogP contribution in [0.3, 0.4) is 0 Å². The topological polar surface area (TPSA) is 46.2 Å². The van der Waals surface area contributed by atoms with Crippen LogP contribution in [0, 0.1) is 5.92 Å². The minimum absolute atomic E-state index is 0.0324. The SMILES string of the molecule is CC1CCC(N)C(O)CC1. The molecule has 0 aliphatic heterocycles. The van der Waals surface area contributed by atoms with E-state index in [2.05, 4.69) is 6.92 Å². The first-order valence-electron chi connectivity index (χ1n) is 4.14. The van der Waals surface area contributed by atoms with Crippen LogP contribution in [0.1, 0.15) is 32.6 Å². The molecule has 2 nitrogen and oxygen atoms in total. The molecular formula is C8H17NO. The maximum atomic E-state index is 9.35. The summed E-state index contributed by atoms with van der Waals surface area (Å²) in [4.78, 5) is 0. The number of aliphatic hydroxyl groups excluding tert-OH is 1. The molecule has 0 aromatic carbocycles. The van der Waals surface area contributed by atoms with Gasteiger partial charge in [-0.25, -0.2) is 0 Å². The van der Waals surface area contributed by atoms with Gasteiger partial charge < -0.3 is 10.8 Å². The first-order chi connectivity index (χ1) is 4.70. The highest BCUT2D eigenvalue weighted by Crippen LogP contribution is 2.21. The molecule has 0 spiro atoms. The summed E-state index contributed by atoms with van der Waals surface area (Å²) in [6.07, 6.45) is 3.95. The Bertz CT molecular complexity index is 93.4. The lowest BCUT2D eigenvalue weighted by Gasteiger charge is -2.13. The summed E-state index contributed by atoms with van der Waals surface area (Å²) in [6, 6.07) is 0.0324. The van der Waals surface area contributed by atoms with Crippen LogP contribution in [-0.2, 0) is 0 Å². The summed E-state index contributed by atoms with van der Waals surface area (Å²) >= 11 is 0. The molecular weight excluding hydrogens is 126 g/mol. The van der Waals surface area contributed by atoms with Crippen LogP contribution in [0.4, 0.5) is 0 Å². The Hall–Kier alpha value is -0.0800. The van der Waals surface area contributed by atoms with E-state index in [1.165, 1.54) is 6.42 Å². The van der Waals surface area contributed by atoms with Crippen molar-refractivity contribution in [3.63, 3.8) is 0 Å². The summed E-state index contributed by atoms with van der Waals surface area (Å²) in [6.45, 7) is 2.23. The van der Waals surface area contributed by atoms with Gasteiger partial charge in [0.25, 0.3) is 0 Å². The largest absolute Gasteiger partial charge is 0.392 e. The van der Waals surface area contributed by atoms with Crippen LogP contribution in [0.2, 0.25) is 0 Å². The van der Waals surface area contributed by atoms with E-state index in [9.17, 15) is 5.11 Å². The summed E-state index contributed by atoms with van der Waals surface area (Å²) in [5.74, 6) is 0.753. The third-order valence-electron chi connectivity index (χ3n) is 2.44. The van der Waals surface area contributed by atoms with E-state index >= 15 is 0 Å². The Labute approximate surface area is 62.4 Å². The van der Waals surface area contributed by atoms with E-state index in [0.717, 1.165) is 25.2 Å². The molecule has 0 amide bonds. The smallest absolute Gasteiger partial charge is 0.0691 e. The summed E-state index contributed by atoms with van der Waals surface area (Å²) in [5, 5.41) is 9.35. The maximum Gasteiger partial charge on any atom is 0.0691 e. The van der Waals surface area contributed by atoms with Crippen molar-refractivity contribution in [2.75, 3.05) is 0 Å². The third-order valence-corrected chi connectivity index (χ3v) is 2.44. The van der Waals surface area contributed by atoms with Gasteiger partial charge >= 0.3 is 0 Å². The number of hydrogen-bond donors (Lipinski definition) is 2. The molecule has 3 unspecified atom stereocenters. The van der Waals surface area contributed by atoms with E-state index in [1.807, 2.05) is 0 Å². The second kappa shape index (κ2) is 3.35. The normalized spacial score (nSPS) is 42.9. The van der Waals surface area contributed by atoms with Gasteiger partial charge in [-0.3, -0.25) is 0 Å². The van der Waals surface area contributed by atoms with Crippen LogP contribution in [-0.4, -0.2) is 17.3 Å². The van der Waals surface area contributed by atoms with Crippen molar-refractivity contribution in [2.45, 2.75) is 44.8 Å². The van der Waals surface area contributed by atoms with E-state index in [1.54, 1.807) is 0 Å². The van der Waals surface area contributed by atoms with Crippen molar-refractivity contribution >= 4 is 0 Å². The highest BCUT2D eigenvalue weighted by molar-refractivity contribution is 4.77. The van der Waals surface area contributed by atoms with Crippen LogP contribution < -0.4 is 5.73 Å². The molecule has 3 atom stereocenters. The van der Waals surface area contributed by atoms with Crippen LogP contribution >= 0.6 is 0 Å². The molecule has 0 radical (unpaired) electrons. The van der Waals surface area contributed by atoms with Gasteiger partial charge in [0.1, 0.15) is 0 Å². The number of hydrogen-bond acceptors (Lipinski definition) is 2. The van der Waals surface area contributed by atoms with Gasteiger partial charge in [-0.15, -0.1) is 0 Å². The molecule has 0 heterocycles. The molecule has 2 heteroatoms. The molecule has 1 saturated carbocycles. The second-order valence-corrected chi connectivity index (χ2v) is 3.49. The average Bonchev–Trinajstić information content (AvgIpc) is 2.04. The summed E-state index contributed by atoms with van der Waals surface area (Å²) in [5.41, 5.74) is 5.69. The van der Waals surface area contributed by atoms with Gasteiger partial charge in [0.15, 0.2) is 0 Å². The van der Waals surface area contributed by atoms with Crippen molar-refractivity contribution in [1.82, 2.24) is 0 Å². The average molecular weight is 143 g/mol. The van der Waals surface area contributed by atoms with E-state index in [4.69, 9.17) is 5.73 Å². The standard InChI is InChI=1S/C8H17NO/c1-6-2-4-7(9)8(10)5-3-6/h6-8,10H,2-5,9H2,1H3. The zero-order valence-corrected chi connectivity index (χ0v) is 6.59. The van der Waals surface area contributed by atoms with Crippen molar-refractivity contribution in [3.8, 4) is 0 Å². The molecule has 1 fully saturated rings. The van der Waals surface area contributed by atoms with E-state index < -0.39 is 0 Å². The monoisotopic (exact) mass is 143 g/mol. The number of rotatable bonds is 0. The quantitative estimate of drug-likeness (QED) is 0.494. The first-order valence-corrected chi connectivity index (χ1v) is 4.14. The molecule has 3 N–H and O–H groups in total. The van der Waals surface area contributed by atoms with Crippen molar-refractivity contribution in [3.05, 3.63) is 0 Å². The highest BCUT2D eigenvalue weighted by Gasteiger charge is 2.20. The molecule has 1 rings (SSSR count). The Morgan fingerprint density at radius 2 is 1.80 bits per heavy atom. The van der Waals surface area contributed by atoms with Crippen LogP contribution in [0.5, 0.6) is 0 Å². The van der Waals surface area contributed by atoms with Gasteiger partial charge in [-0.1, -0.05) is 6.92 Å². The van der Waals surface area contributed by atoms with Gasteiger partial charge in [0.05, 0.1) is 6.10 Å². The second-order valence-electron chi connectivity index (χ2n) is 3.49. The zero-order chi connectivity index (χ0) is 7.56. The van der Waals surface area contributed by atoms with Gasteiger partial charge in [-0.05, 0) is 31.6 Å². The zero-order valence-electron chi connectivity index (χ0n) is 6.59. The predicted octanol–water partition coefficient (Wildman–Crippen LogP) is 0.885. The number of nitrogens with two attached hydrogens (primary N) is 1. The number of aliphatic hydroxyl groups is 1. The lowest BCUT2D eigenvalue weighted by molar-refractivity contribution is 0.136. The lowest BCUT2D eigenvalue weighted by atomic mass is 10.0. The van der Waals surface area contributed by atoms with Crippen LogP contribution in [0.25, 0.3) is 0 Å². The fourth-order valence-corrected chi connectivity index (χ4v) is 1.48. The van der Waals surface area contributed by atoms with Crippen molar-refractivity contribution in [2.24, 2.45) is 11.7 Å². The van der Waals surface area contributed by atoms with Crippen molar-refractivity contribution in [1.29, 1.82) is 0 Å². The molecule has 0 aromatic rings. The molecule has 1 aliphatic rings. The van der Waals surface area contributed by atoms with Crippen LogP contribution in [0.15, 0.2) is 0 Å². The Morgan fingerprint density at radius 1 is 1.20 bits per heavy atom. The van der Waals surface area contributed by atoms with E-state index in [-0.39, 0.29) is 12.1 Å². The Balaban J connectivity index is 2.38. The lowest BCUT2D eigenvalue weighted by Crippen LogP contribution is -2.33. The molecule has 0 bridgehead atoms. The molecule has 0 saturated heterocycles. The maximum absolute atomic E-state index is 9.35. The first kappa shape index (κ1) is 8.02. The summed E-state index contributed by atoms with van der Waals surface area (Å²) in [7, 11) is 0. The minimum atomic E-state index is -0.245. The Morgan fingerprint density at radius 3 is 2.50 bits per heavy atom. The molecule has 60 valence electrons. The molecule has 10 heavy (non-hydrogen) atoms. The molecule has 0 aromatic heterocycles. The Kier molecular flexibility index (Phi) is 2.69. The fourth-order valence-electron chi connectivity index (χ4n) is 1.48. The predicted molar refractivity (Wildman–Crippen MR) is 41.6 cm³/mol. The highest BCUT2D eigenvalue weighted by atomic mass is 16.3. The van der Waals surface area contributed by atoms with Gasteiger partial charge in [-0.2, -0.15) is 0 Å². The molecule has 1 aliphatic carbocycles. The minimum Gasteiger partial charge on any atom is -0.392 e. The fraction of sp³-hybridized carbons (Fsp3) is 1.00. The summed E-state index contributed by atoms with van der Waals surface area (Å²) < 4.78 is 0. The third kappa shape index (κ3) is 1.96.